The number of nitrogens with one attached hydrogen (secondary N) is 2. The number of nitrogens with zero attached hydrogens (tertiary/aromatic N) is 4. The van der Waals surface area contributed by atoms with Crippen molar-refractivity contribution in [2.24, 2.45) is 0 Å². The highest BCUT2D eigenvalue weighted by molar-refractivity contribution is 5.74. The molecule has 0 saturated carbocycles. The summed E-state index contributed by atoms with van der Waals surface area (Å²) in [6.45, 7) is 27.1. The molecule has 1 atom stereocenters. The van der Waals surface area contributed by atoms with Crippen LogP contribution >= 0.6 is 0 Å². The molecule has 2 aromatic rings. The van der Waals surface area contributed by atoms with Crippen molar-refractivity contribution in [2.45, 2.75) is 151 Å². The van der Waals surface area contributed by atoms with Crippen LogP contribution in [0.4, 0.5) is 9.59 Å². The fraction of sp³-hybridized carbons (Fsp3) is 0.714. The predicted octanol–water partition coefficient (Wildman–Crippen LogP) is 6.08. The second kappa shape index (κ2) is 16.1. The van der Waals surface area contributed by atoms with Gasteiger partial charge in [-0.3, -0.25) is 9.59 Å². The van der Waals surface area contributed by atoms with Gasteiger partial charge in [0.25, 0.3) is 0 Å². The minimum Gasteiger partial charge on any atom is -0.444 e. The molecular weight excluding hydrogens is 632 g/mol. The molecule has 278 valence electrons. The lowest BCUT2D eigenvalue weighted by Crippen LogP contribution is -2.45. The first-order chi connectivity index (χ1) is 22.0. The Morgan fingerprint density at radius 1 is 0.714 bits per heavy atom. The number of rotatable bonds is 10. The zero-order chi connectivity index (χ0) is 38.3. The third kappa shape index (κ3) is 14.1. The lowest BCUT2D eigenvalue weighted by atomic mass is 9.95. The van der Waals surface area contributed by atoms with E-state index in [4.69, 9.17) is 18.5 Å². The van der Waals surface area contributed by atoms with Gasteiger partial charge in [0, 0.05) is 64.5 Å². The molecule has 14 heteroatoms. The first-order valence-corrected chi connectivity index (χ1v) is 16.4. The molecule has 0 aromatic carbocycles. The Morgan fingerprint density at radius 3 is 1.47 bits per heavy atom. The molecule has 2 aromatic heterocycles. The highest BCUT2D eigenvalue weighted by Gasteiger charge is 2.37. The Balaban J connectivity index is 0.000000490. The van der Waals surface area contributed by atoms with Crippen LogP contribution in [0.2, 0.25) is 0 Å². The molecular formula is C35H60N6O8. The normalized spacial score (nSPS) is 13.0. The van der Waals surface area contributed by atoms with Crippen molar-refractivity contribution in [1.29, 1.82) is 0 Å². The highest BCUT2D eigenvalue weighted by Crippen LogP contribution is 2.30. The van der Waals surface area contributed by atoms with E-state index in [0.29, 0.717) is 35.7 Å². The number of ether oxygens (including phenoxy) is 2. The van der Waals surface area contributed by atoms with Crippen molar-refractivity contribution in [1.82, 2.24) is 30.7 Å². The van der Waals surface area contributed by atoms with E-state index < -0.39 is 40.0 Å². The average Bonchev–Trinajstić information content (AvgIpc) is 3.55. The molecule has 0 aliphatic heterocycles. The number of aromatic nitrogens is 2. The molecule has 1 unspecified atom stereocenters. The number of hydrogen-bond acceptors (Lipinski definition) is 10. The minimum atomic E-state index is -0.706. The van der Waals surface area contributed by atoms with Crippen LogP contribution in [0.1, 0.15) is 127 Å². The van der Waals surface area contributed by atoms with Gasteiger partial charge in [-0.25, -0.2) is 9.59 Å². The molecule has 49 heavy (non-hydrogen) atoms. The molecule has 0 spiro atoms. The van der Waals surface area contributed by atoms with E-state index in [1.807, 2.05) is 96.1 Å². The van der Waals surface area contributed by atoms with E-state index in [-0.39, 0.29) is 17.9 Å². The monoisotopic (exact) mass is 692 g/mol. The fourth-order valence-corrected chi connectivity index (χ4v) is 4.50. The Hall–Kier alpha value is -4.10. The first-order valence-electron chi connectivity index (χ1n) is 16.4. The van der Waals surface area contributed by atoms with Crippen molar-refractivity contribution in [2.75, 3.05) is 14.1 Å². The van der Waals surface area contributed by atoms with Crippen molar-refractivity contribution in [3.8, 4) is 0 Å². The lowest BCUT2D eigenvalue weighted by molar-refractivity contribution is -0.121. The standard InChI is InChI=1S/C18H31N3O4.C17H29N3O4/c1-12(22)19-17(5,6)11-13-10-14(20-25-13)18(7,8)21(9)15(23)24-16(2,3)4;1-11(18-12(2)21)9-13-10-14(19-24-13)17(6,7)20(8)15(22)23-16(3,4)5/h10H,11H2,1-9H3,(H,19,22);10-11H,9H2,1-8H3,(H,18,21). The summed E-state index contributed by atoms with van der Waals surface area (Å²) >= 11 is 0. The quantitative estimate of drug-likeness (QED) is 0.298. The fourth-order valence-electron chi connectivity index (χ4n) is 4.50. The van der Waals surface area contributed by atoms with Crippen LogP contribution in [-0.2, 0) is 43.0 Å². The number of hydrogen-bond donors (Lipinski definition) is 2. The van der Waals surface area contributed by atoms with E-state index in [1.54, 1.807) is 20.2 Å². The molecule has 0 fully saturated rings. The van der Waals surface area contributed by atoms with Crippen molar-refractivity contribution in [3.05, 3.63) is 35.0 Å². The molecule has 0 radical (unpaired) electrons. The zero-order valence-electron chi connectivity index (χ0n) is 32.7. The molecule has 2 rings (SSSR count). The maximum Gasteiger partial charge on any atom is 0.410 e. The van der Waals surface area contributed by atoms with Crippen LogP contribution < -0.4 is 10.6 Å². The van der Waals surface area contributed by atoms with E-state index in [2.05, 4.69) is 20.9 Å². The van der Waals surface area contributed by atoms with Gasteiger partial charge < -0.3 is 39.0 Å². The summed E-state index contributed by atoms with van der Waals surface area (Å²) in [6.07, 6.45) is 0.161. The Morgan fingerprint density at radius 2 is 1.10 bits per heavy atom. The van der Waals surface area contributed by atoms with Gasteiger partial charge in [0.1, 0.15) is 34.1 Å². The molecule has 4 amide bonds. The Labute approximate surface area is 292 Å². The van der Waals surface area contributed by atoms with Gasteiger partial charge >= 0.3 is 12.2 Å². The summed E-state index contributed by atoms with van der Waals surface area (Å²) in [5, 5.41) is 13.9. The molecule has 2 N–H and O–H groups in total. The second-order valence-corrected chi connectivity index (χ2v) is 16.1. The molecule has 0 saturated heterocycles. The summed E-state index contributed by atoms with van der Waals surface area (Å²) in [6, 6.07) is 3.55. The van der Waals surface area contributed by atoms with Gasteiger partial charge in [-0.15, -0.1) is 0 Å². The van der Waals surface area contributed by atoms with Crippen LogP contribution in [0.25, 0.3) is 0 Å². The van der Waals surface area contributed by atoms with Gasteiger partial charge in [-0.2, -0.15) is 0 Å². The van der Waals surface area contributed by atoms with Crippen molar-refractivity contribution < 1.29 is 37.7 Å². The van der Waals surface area contributed by atoms with E-state index in [0.717, 1.165) is 0 Å². The summed E-state index contributed by atoms with van der Waals surface area (Å²) in [4.78, 5) is 50.0. The van der Waals surface area contributed by atoms with Crippen LogP contribution in [0, 0.1) is 0 Å². The van der Waals surface area contributed by atoms with Crippen LogP contribution in [-0.4, -0.2) is 81.0 Å². The van der Waals surface area contributed by atoms with Crippen LogP contribution in [0.5, 0.6) is 0 Å². The predicted molar refractivity (Wildman–Crippen MR) is 186 cm³/mol. The number of carbonyl (C=O) groups excluding carboxylic acids is 4. The molecule has 0 aliphatic rings. The van der Waals surface area contributed by atoms with E-state index >= 15 is 0 Å². The molecule has 14 nitrogen and oxygen atoms in total. The lowest BCUT2D eigenvalue weighted by Gasteiger charge is -2.35. The van der Waals surface area contributed by atoms with Gasteiger partial charge in [0.15, 0.2) is 0 Å². The van der Waals surface area contributed by atoms with Crippen LogP contribution in [0.3, 0.4) is 0 Å². The maximum absolute atomic E-state index is 12.3. The third-order valence-electron chi connectivity index (χ3n) is 7.47. The van der Waals surface area contributed by atoms with Crippen molar-refractivity contribution in [3.63, 3.8) is 0 Å². The Kier molecular flexibility index (Phi) is 14.1. The average molecular weight is 693 g/mol. The summed E-state index contributed by atoms with van der Waals surface area (Å²) in [5.41, 5.74) is -1.74. The number of amides is 4. The highest BCUT2D eigenvalue weighted by atomic mass is 16.6. The summed E-state index contributed by atoms with van der Waals surface area (Å²) in [5.74, 6) is 1.10. The maximum atomic E-state index is 12.3. The number of carbonyl (C=O) groups is 4. The molecule has 2 heterocycles. The largest absolute Gasteiger partial charge is 0.444 e. The summed E-state index contributed by atoms with van der Waals surface area (Å²) in [7, 11) is 3.34. The third-order valence-corrected chi connectivity index (χ3v) is 7.47. The van der Waals surface area contributed by atoms with E-state index in [9.17, 15) is 19.2 Å². The van der Waals surface area contributed by atoms with Gasteiger partial charge in [-0.1, -0.05) is 10.3 Å². The van der Waals surface area contributed by atoms with Gasteiger partial charge in [0.2, 0.25) is 11.8 Å². The van der Waals surface area contributed by atoms with Gasteiger partial charge in [-0.05, 0) is 90.0 Å². The smallest absolute Gasteiger partial charge is 0.410 e. The zero-order valence-corrected chi connectivity index (χ0v) is 32.7. The van der Waals surface area contributed by atoms with E-state index in [1.165, 1.54) is 23.6 Å². The SMILES string of the molecule is CC(=O)NC(C)(C)Cc1cc(C(C)(C)N(C)C(=O)OC(C)(C)C)no1.CC(=O)NC(C)Cc1cc(C(C)(C)N(C)C(=O)OC(C)(C)C)no1. The second-order valence-electron chi connectivity index (χ2n) is 16.1. The Bertz CT molecular complexity index is 1430. The topological polar surface area (TPSA) is 169 Å². The minimum absolute atomic E-state index is 0.0602. The van der Waals surface area contributed by atoms with Gasteiger partial charge in [0.05, 0.1) is 11.1 Å². The molecule has 0 bridgehead atoms. The molecule has 0 aliphatic carbocycles. The van der Waals surface area contributed by atoms with Crippen molar-refractivity contribution >= 4 is 24.0 Å². The summed E-state index contributed by atoms with van der Waals surface area (Å²) < 4.78 is 21.6. The first kappa shape index (κ1) is 42.9. The van der Waals surface area contributed by atoms with Crippen LogP contribution in [0.15, 0.2) is 21.2 Å².